The van der Waals surface area contributed by atoms with Gasteiger partial charge in [0.25, 0.3) is 11.8 Å². The number of carbonyl (C=O) groups excluding carboxylic acids is 3. The largest absolute Gasteiger partial charge is 0.493 e. The van der Waals surface area contributed by atoms with Crippen molar-refractivity contribution in [2.75, 3.05) is 19.5 Å². The molecule has 0 aliphatic carbocycles. The first-order valence-corrected chi connectivity index (χ1v) is 11.7. The van der Waals surface area contributed by atoms with Crippen LogP contribution in [0.25, 0.3) is 11.0 Å². The van der Waals surface area contributed by atoms with Gasteiger partial charge in [-0.05, 0) is 29.3 Å². The molecule has 0 fully saturated rings. The van der Waals surface area contributed by atoms with Crippen molar-refractivity contribution >= 4 is 34.6 Å². The molecule has 0 radical (unpaired) electrons. The van der Waals surface area contributed by atoms with Crippen LogP contribution < -0.4 is 31.3 Å². The molecule has 200 valence electrons. The maximum Gasteiger partial charge on any atom is 0.404 e. The van der Waals surface area contributed by atoms with E-state index in [0.717, 1.165) is 17.2 Å². The summed E-state index contributed by atoms with van der Waals surface area (Å²) in [6.45, 7) is 0.199. The topological polar surface area (TPSA) is 159 Å². The summed E-state index contributed by atoms with van der Waals surface area (Å²) in [5, 5.41) is 5.77. The predicted molar refractivity (Wildman–Crippen MR) is 142 cm³/mol. The highest BCUT2D eigenvalue weighted by Crippen LogP contribution is 2.33. The van der Waals surface area contributed by atoms with Gasteiger partial charge in [0.2, 0.25) is 0 Å². The Hall–Kier alpha value is -5.32. The van der Waals surface area contributed by atoms with E-state index >= 15 is 0 Å². The normalized spacial score (nSPS) is 10.5. The Morgan fingerprint density at radius 3 is 2.23 bits per heavy atom. The van der Waals surface area contributed by atoms with Gasteiger partial charge < -0.3 is 35.0 Å². The first kappa shape index (κ1) is 26.7. The van der Waals surface area contributed by atoms with Gasteiger partial charge >= 0.3 is 6.09 Å². The van der Waals surface area contributed by atoms with E-state index in [-0.39, 0.29) is 52.7 Å². The Morgan fingerprint density at radius 2 is 1.54 bits per heavy atom. The summed E-state index contributed by atoms with van der Waals surface area (Å²) < 4.78 is 21.0. The van der Waals surface area contributed by atoms with Crippen LogP contribution in [-0.2, 0) is 17.9 Å². The molecule has 4 N–H and O–H groups in total. The van der Waals surface area contributed by atoms with E-state index in [1.54, 1.807) is 48.5 Å². The standard InChI is InChI=1S/C28H25N3O8/c1-36-23-11-19(26(33)30-14-16-7-9-17(10-8-16)15-38-28(29)35)20(12-24(23)37-2)31-27(34)25-13-21(32)18-5-3-4-6-22(18)39-25/h3-13H,14-15H2,1-2H3,(H2,29,35)(H,30,33)(H,31,34). The Kier molecular flexibility index (Phi) is 8.10. The van der Waals surface area contributed by atoms with Gasteiger partial charge in [-0.15, -0.1) is 0 Å². The van der Waals surface area contributed by atoms with E-state index in [1.165, 1.54) is 26.4 Å². The monoisotopic (exact) mass is 531 g/mol. The number of nitrogens with two attached hydrogens (primary N) is 1. The van der Waals surface area contributed by atoms with E-state index in [0.29, 0.717) is 5.39 Å². The third kappa shape index (κ3) is 6.34. The quantitative estimate of drug-likeness (QED) is 0.295. The first-order valence-electron chi connectivity index (χ1n) is 11.7. The average Bonchev–Trinajstić information content (AvgIpc) is 2.95. The molecule has 3 aromatic carbocycles. The van der Waals surface area contributed by atoms with E-state index in [2.05, 4.69) is 10.6 Å². The lowest BCUT2D eigenvalue weighted by molar-refractivity contribution is 0.0951. The van der Waals surface area contributed by atoms with Crippen LogP contribution in [0.1, 0.15) is 32.0 Å². The number of carbonyl (C=O) groups is 3. The number of para-hydroxylation sites is 1. The van der Waals surface area contributed by atoms with Crippen molar-refractivity contribution in [3.63, 3.8) is 0 Å². The molecule has 39 heavy (non-hydrogen) atoms. The third-order valence-corrected chi connectivity index (χ3v) is 5.73. The molecule has 0 aliphatic rings. The molecular formula is C28H25N3O8. The van der Waals surface area contributed by atoms with E-state index in [4.69, 9.17) is 24.4 Å². The Balaban J connectivity index is 1.56. The van der Waals surface area contributed by atoms with Gasteiger partial charge in [-0.2, -0.15) is 0 Å². The summed E-state index contributed by atoms with van der Waals surface area (Å²) in [6, 6.07) is 17.5. The fourth-order valence-corrected chi connectivity index (χ4v) is 3.76. The number of benzene rings is 3. The molecule has 1 heterocycles. The lowest BCUT2D eigenvalue weighted by Crippen LogP contribution is -2.25. The average molecular weight is 532 g/mol. The summed E-state index contributed by atoms with van der Waals surface area (Å²) in [6.07, 6.45) is -0.869. The molecule has 11 heteroatoms. The summed E-state index contributed by atoms with van der Waals surface area (Å²) in [5.74, 6) is -0.907. The minimum atomic E-state index is -0.869. The number of hydrogen-bond acceptors (Lipinski definition) is 8. The van der Waals surface area contributed by atoms with Gasteiger partial charge in [0.1, 0.15) is 12.2 Å². The number of methoxy groups -OCH3 is 2. The molecule has 11 nitrogen and oxygen atoms in total. The number of nitrogens with one attached hydrogen (secondary N) is 2. The van der Waals surface area contributed by atoms with Gasteiger partial charge in [0.05, 0.1) is 30.9 Å². The van der Waals surface area contributed by atoms with Crippen molar-refractivity contribution in [1.82, 2.24) is 5.32 Å². The third-order valence-electron chi connectivity index (χ3n) is 5.73. The fraction of sp³-hybridized carbons (Fsp3) is 0.143. The van der Waals surface area contributed by atoms with Crippen LogP contribution in [0.4, 0.5) is 10.5 Å². The molecular weight excluding hydrogens is 506 g/mol. The molecule has 0 atom stereocenters. The molecule has 0 aliphatic heterocycles. The van der Waals surface area contributed by atoms with E-state index in [9.17, 15) is 19.2 Å². The molecule has 0 spiro atoms. The molecule has 4 aromatic rings. The van der Waals surface area contributed by atoms with Crippen LogP contribution >= 0.6 is 0 Å². The predicted octanol–water partition coefficient (Wildman–Crippen LogP) is 3.59. The number of primary amides is 1. The maximum absolute atomic E-state index is 13.2. The molecule has 0 saturated heterocycles. The number of anilines is 1. The number of hydrogen-bond donors (Lipinski definition) is 3. The van der Waals surface area contributed by atoms with Crippen molar-refractivity contribution in [2.24, 2.45) is 5.73 Å². The smallest absolute Gasteiger partial charge is 0.404 e. The van der Waals surface area contributed by atoms with Gasteiger partial charge in [-0.1, -0.05) is 36.4 Å². The SMILES string of the molecule is COc1cc(NC(=O)c2cc(=O)c3ccccc3o2)c(C(=O)NCc2ccc(COC(N)=O)cc2)cc1OC. The first-order chi connectivity index (χ1) is 18.8. The van der Waals surface area contributed by atoms with Crippen LogP contribution in [0, 0.1) is 0 Å². The molecule has 4 rings (SSSR count). The van der Waals surface area contributed by atoms with E-state index in [1.807, 2.05) is 0 Å². The zero-order valence-electron chi connectivity index (χ0n) is 21.1. The highest BCUT2D eigenvalue weighted by Gasteiger charge is 2.21. The highest BCUT2D eigenvalue weighted by atomic mass is 16.5. The fourth-order valence-electron chi connectivity index (χ4n) is 3.76. The van der Waals surface area contributed by atoms with Gasteiger partial charge in [0, 0.05) is 18.7 Å². The van der Waals surface area contributed by atoms with Gasteiger partial charge in [-0.3, -0.25) is 14.4 Å². The lowest BCUT2D eigenvalue weighted by atomic mass is 10.1. The van der Waals surface area contributed by atoms with Crippen LogP contribution in [-0.4, -0.2) is 32.1 Å². The van der Waals surface area contributed by atoms with E-state index < -0.39 is 17.9 Å². The van der Waals surface area contributed by atoms with Crippen LogP contribution in [0.2, 0.25) is 0 Å². The highest BCUT2D eigenvalue weighted by molar-refractivity contribution is 6.08. The Bertz CT molecular complexity index is 1600. The minimum Gasteiger partial charge on any atom is -0.493 e. The Morgan fingerprint density at radius 1 is 0.872 bits per heavy atom. The molecule has 0 unspecified atom stereocenters. The summed E-state index contributed by atoms with van der Waals surface area (Å²) in [5.41, 5.74) is 6.57. The van der Waals surface area contributed by atoms with Crippen molar-refractivity contribution in [1.29, 1.82) is 0 Å². The zero-order valence-corrected chi connectivity index (χ0v) is 21.1. The second-order valence-corrected chi connectivity index (χ2v) is 8.28. The van der Waals surface area contributed by atoms with Crippen LogP contribution in [0.3, 0.4) is 0 Å². The number of rotatable bonds is 9. The number of amides is 3. The summed E-state index contributed by atoms with van der Waals surface area (Å²) in [4.78, 5) is 49.5. The van der Waals surface area contributed by atoms with Crippen LogP contribution in [0.5, 0.6) is 11.5 Å². The minimum absolute atomic E-state index is 0.0357. The Labute approximate surface area is 222 Å². The van der Waals surface area contributed by atoms with Crippen molar-refractivity contribution in [2.45, 2.75) is 13.2 Å². The van der Waals surface area contributed by atoms with Gasteiger partial charge in [-0.25, -0.2) is 4.79 Å². The zero-order chi connectivity index (χ0) is 27.9. The number of ether oxygens (including phenoxy) is 3. The molecule has 3 amide bonds. The molecule has 0 saturated carbocycles. The summed E-state index contributed by atoms with van der Waals surface area (Å²) >= 11 is 0. The molecule has 0 bridgehead atoms. The maximum atomic E-state index is 13.2. The second kappa shape index (κ2) is 11.8. The molecule has 1 aromatic heterocycles. The van der Waals surface area contributed by atoms with Crippen molar-refractivity contribution in [3.8, 4) is 11.5 Å². The second-order valence-electron chi connectivity index (χ2n) is 8.28. The van der Waals surface area contributed by atoms with Gasteiger partial charge in [0.15, 0.2) is 22.7 Å². The number of fused-ring (bicyclic) bond motifs is 1. The van der Waals surface area contributed by atoms with Crippen molar-refractivity contribution in [3.05, 3.63) is 99.4 Å². The van der Waals surface area contributed by atoms with Crippen LogP contribution in [0.15, 0.2) is 75.9 Å². The summed E-state index contributed by atoms with van der Waals surface area (Å²) in [7, 11) is 2.84. The van der Waals surface area contributed by atoms with Crippen molar-refractivity contribution < 1.29 is 33.0 Å². The lowest BCUT2D eigenvalue weighted by Gasteiger charge is -2.16.